The van der Waals surface area contributed by atoms with Gasteiger partial charge in [0.1, 0.15) is 11.6 Å². The van der Waals surface area contributed by atoms with Crippen LogP contribution in [0.5, 0.6) is 0 Å². The maximum atomic E-state index is 13.9. The van der Waals surface area contributed by atoms with Gasteiger partial charge in [-0.3, -0.25) is 0 Å². The van der Waals surface area contributed by atoms with Crippen molar-refractivity contribution in [3.8, 4) is 6.07 Å². The lowest BCUT2D eigenvalue weighted by molar-refractivity contribution is 0.0831. The first-order valence-corrected chi connectivity index (χ1v) is 5.81. The number of nitrogens with one attached hydrogen (secondary N) is 1. The van der Waals surface area contributed by atoms with Crippen LogP contribution in [0.2, 0.25) is 0 Å². The number of nitrogens with zero attached hydrogens (tertiary/aromatic N) is 1. The topological polar surface area (TPSA) is 96.5 Å². The molecular formula is C11H12BrFN2O3. The Morgan fingerprint density at radius 1 is 1.28 bits per heavy atom. The molecule has 0 spiro atoms. The number of aliphatic hydroxyl groups is 3. The maximum Gasteiger partial charge on any atom is 0.161 e. The summed E-state index contributed by atoms with van der Waals surface area (Å²) in [5.74, 6) is -0.728. The molecule has 4 N–H and O–H groups in total. The highest BCUT2D eigenvalue weighted by molar-refractivity contribution is 9.10. The second-order valence-electron chi connectivity index (χ2n) is 3.78. The molecule has 1 aromatic carbocycles. The van der Waals surface area contributed by atoms with Crippen molar-refractivity contribution in [2.45, 2.75) is 5.54 Å². The van der Waals surface area contributed by atoms with E-state index in [0.717, 1.165) is 0 Å². The van der Waals surface area contributed by atoms with Crippen molar-refractivity contribution in [2.24, 2.45) is 0 Å². The summed E-state index contributed by atoms with van der Waals surface area (Å²) in [5.41, 5.74) is -1.33. The van der Waals surface area contributed by atoms with Crippen molar-refractivity contribution in [1.29, 1.82) is 5.26 Å². The molecule has 0 radical (unpaired) electrons. The van der Waals surface area contributed by atoms with Crippen molar-refractivity contribution in [3.05, 3.63) is 28.0 Å². The Labute approximate surface area is 112 Å². The highest BCUT2D eigenvalue weighted by atomic mass is 79.9. The van der Waals surface area contributed by atoms with Crippen molar-refractivity contribution in [2.75, 3.05) is 25.1 Å². The Morgan fingerprint density at radius 2 is 1.83 bits per heavy atom. The van der Waals surface area contributed by atoms with Gasteiger partial charge in [-0.2, -0.15) is 5.26 Å². The molecule has 0 bridgehead atoms. The number of anilines is 1. The lowest BCUT2D eigenvalue weighted by atomic mass is 10.0. The van der Waals surface area contributed by atoms with Gasteiger partial charge in [0.15, 0.2) is 5.82 Å². The zero-order valence-corrected chi connectivity index (χ0v) is 10.9. The molecule has 0 aromatic heterocycles. The van der Waals surface area contributed by atoms with Gasteiger partial charge in [-0.15, -0.1) is 0 Å². The van der Waals surface area contributed by atoms with Crippen LogP contribution < -0.4 is 5.32 Å². The van der Waals surface area contributed by atoms with Gasteiger partial charge in [0.25, 0.3) is 0 Å². The smallest absolute Gasteiger partial charge is 0.161 e. The molecule has 0 aliphatic rings. The summed E-state index contributed by atoms with van der Waals surface area (Å²) >= 11 is 2.94. The molecule has 0 saturated carbocycles. The van der Waals surface area contributed by atoms with E-state index in [-0.39, 0.29) is 15.7 Å². The monoisotopic (exact) mass is 318 g/mol. The number of hydrogen-bond acceptors (Lipinski definition) is 5. The minimum Gasteiger partial charge on any atom is -0.394 e. The van der Waals surface area contributed by atoms with E-state index in [2.05, 4.69) is 21.2 Å². The number of hydrogen-bond donors (Lipinski definition) is 4. The summed E-state index contributed by atoms with van der Waals surface area (Å²) in [6.45, 7) is -1.72. The molecule has 0 atom stereocenters. The fourth-order valence-corrected chi connectivity index (χ4v) is 1.72. The van der Waals surface area contributed by atoms with Gasteiger partial charge in [-0.25, -0.2) is 4.39 Å². The Morgan fingerprint density at radius 3 is 2.28 bits per heavy atom. The Balaban J connectivity index is 3.13. The summed E-state index contributed by atoms with van der Waals surface area (Å²) < 4.78 is 13.9. The Hall–Kier alpha value is -1.20. The fraction of sp³-hybridized carbons (Fsp3) is 0.364. The van der Waals surface area contributed by atoms with Gasteiger partial charge in [-0.05, 0) is 28.1 Å². The van der Waals surface area contributed by atoms with E-state index in [9.17, 15) is 4.39 Å². The molecule has 0 unspecified atom stereocenters. The average molecular weight is 319 g/mol. The molecule has 0 aliphatic heterocycles. The van der Waals surface area contributed by atoms with E-state index in [1.165, 1.54) is 12.1 Å². The summed E-state index contributed by atoms with van der Waals surface area (Å²) in [6, 6.07) is 4.49. The Kier molecular flexibility index (Phi) is 5.04. The van der Waals surface area contributed by atoms with Gasteiger partial charge in [-0.1, -0.05) is 0 Å². The molecular weight excluding hydrogens is 307 g/mol. The third kappa shape index (κ3) is 2.79. The zero-order chi connectivity index (χ0) is 13.8. The van der Waals surface area contributed by atoms with Crippen LogP contribution in [0, 0.1) is 17.1 Å². The van der Waals surface area contributed by atoms with Crippen LogP contribution in [0.25, 0.3) is 0 Å². The maximum absolute atomic E-state index is 13.9. The third-order valence-corrected chi connectivity index (χ3v) is 3.29. The summed E-state index contributed by atoms with van der Waals surface area (Å²) in [7, 11) is 0. The highest BCUT2D eigenvalue weighted by Gasteiger charge is 2.29. The molecule has 0 fully saturated rings. The van der Waals surface area contributed by atoms with Crippen LogP contribution in [0.15, 0.2) is 16.6 Å². The van der Waals surface area contributed by atoms with Gasteiger partial charge >= 0.3 is 0 Å². The summed E-state index contributed by atoms with van der Waals surface area (Å²) in [4.78, 5) is 0. The molecule has 0 saturated heterocycles. The molecule has 18 heavy (non-hydrogen) atoms. The van der Waals surface area contributed by atoms with Gasteiger partial charge < -0.3 is 20.6 Å². The number of rotatable bonds is 5. The standard InChI is InChI=1S/C11H12BrFN2O3/c12-9-7(3-14)1-2-8(10(9)13)15-11(4-16,5-17)6-18/h1-2,15-18H,4-6H2. The minimum atomic E-state index is -1.42. The van der Waals surface area contributed by atoms with Gasteiger partial charge in [0.05, 0.1) is 35.5 Å². The molecule has 0 heterocycles. The lowest BCUT2D eigenvalue weighted by Crippen LogP contribution is -2.49. The summed E-state index contributed by atoms with van der Waals surface area (Å²) in [6.07, 6.45) is 0. The van der Waals surface area contributed by atoms with Crippen LogP contribution in [-0.4, -0.2) is 40.7 Å². The lowest BCUT2D eigenvalue weighted by Gasteiger charge is -2.30. The normalized spacial score (nSPS) is 11.1. The molecule has 1 aromatic rings. The van der Waals surface area contributed by atoms with E-state index in [1.54, 1.807) is 6.07 Å². The van der Waals surface area contributed by atoms with Crippen LogP contribution in [0.1, 0.15) is 5.56 Å². The summed E-state index contributed by atoms with van der Waals surface area (Å²) in [5, 5.41) is 38.6. The second-order valence-corrected chi connectivity index (χ2v) is 4.57. The molecule has 0 amide bonds. The predicted octanol–water partition coefficient (Wildman–Crippen LogP) is 0.587. The van der Waals surface area contributed by atoms with Crippen molar-refractivity contribution in [1.82, 2.24) is 0 Å². The molecule has 1 rings (SSSR count). The number of aliphatic hydroxyl groups excluding tert-OH is 3. The first-order chi connectivity index (χ1) is 8.53. The zero-order valence-electron chi connectivity index (χ0n) is 9.32. The third-order valence-electron chi connectivity index (χ3n) is 2.51. The van der Waals surface area contributed by atoms with E-state index >= 15 is 0 Å². The van der Waals surface area contributed by atoms with E-state index in [4.69, 9.17) is 20.6 Å². The second kappa shape index (κ2) is 6.11. The predicted molar refractivity (Wildman–Crippen MR) is 66.4 cm³/mol. The largest absolute Gasteiger partial charge is 0.394 e. The van der Waals surface area contributed by atoms with Crippen LogP contribution in [-0.2, 0) is 0 Å². The van der Waals surface area contributed by atoms with Crippen molar-refractivity contribution < 1.29 is 19.7 Å². The van der Waals surface area contributed by atoms with Crippen molar-refractivity contribution in [3.63, 3.8) is 0 Å². The van der Waals surface area contributed by atoms with Crippen molar-refractivity contribution >= 4 is 21.6 Å². The number of benzene rings is 1. The molecule has 98 valence electrons. The quantitative estimate of drug-likeness (QED) is 0.637. The fourth-order valence-electron chi connectivity index (χ4n) is 1.29. The van der Waals surface area contributed by atoms with E-state index < -0.39 is 31.2 Å². The molecule has 7 heteroatoms. The van der Waals surface area contributed by atoms with Crippen LogP contribution in [0.4, 0.5) is 10.1 Å². The minimum absolute atomic E-state index is 0.0160. The van der Waals surface area contributed by atoms with Crippen LogP contribution >= 0.6 is 15.9 Å². The highest BCUT2D eigenvalue weighted by Crippen LogP contribution is 2.28. The van der Waals surface area contributed by atoms with Gasteiger partial charge in [0.2, 0.25) is 0 Å². The SMILES string of the molecule is N#Cc1ccc(NC(CO)(CO)CO)c(F)c1Br. The first-order valence-electron chi connectivity index (χ1n) is 5.02. The Bertz CT molecular complexity index is 464. The van der Waals surface area contributed by atoms with E-state index in [1.807, 2.05) is 0 Å². The van der Waals surface area contributed by atoms with Crippen LogP contribution in [0.3, 0.4) is 0 Å². The number of halogens is 2. The number of nitriles is 1. The average Bonchev–Trinajstić information content (AvgIpc) is 2.41. The first kappa shape index (κ1) is 14.9. The molecule has 5 nitrogen and oxygen atoms in total. The van der Waals surface area contributed by atoms with E-state index in [0.29, 0.717) is 0 Å². The molecule has 0 aliphatic carbocycles. The van der Waals surface area contributed by atoms with Gasteiger partial charge in [0, 0.05) is 0 Å².